The molecule has 5 heteroatoms. The van der Waals surface area contributed by atoms with E-state index < -0.39 is 0 Å². The first kappa shape index (κ1) is 13.3. The van der Waals surface area contributed by atoms with Crippen LogP contribution in [0.4, 0.5) is 0 Å². The molecule has 0 bridgehead atoms. The topological polar surface area (TPSA) is 61.9 Å². The van der Waals surface area contributed by atoms with E-state index in [-0.39, 0.29) is 5.91 Å². The molecule has 1 amide bonds. The highest BCUT2D eigenvalue weighted by molar-refractivity contribution is 5.97. The molecule has 1 N–H and O–H groups in total. The maximum absolute atomic E-state index is 12.4. The number of benzene rings is 1. The summed E-state index contributed by atoms with van der Waals surface area (Å²) < 4.78 is 0. The van der Waals surface area contributed by atoms with Gasteiger partial charge in [-0.3, -0.25) is 14.9 Å². The van der Waals surface area contributed by atoms with Crippen LogP contribution in [-0.4, -0.2) is 39.6 Å². The molecule has 0 atom stereocenters. The summed E-state index contributed by atoms with van der Waals surface area (Å²) in [6, 6.07) is 9.51. The molecule has 0 spiro atoms. The number of carbonyl (C=O) groups is 1. The summed E-state index contributed by atoms with van der Waals surface area (Å²) in [5.74, 6) is 0.0205. The summed E-state index contributed by atoms with van der Waals surface area (Å²) >= 11 is 0. The fourth-order valence-corrected chi connectivity index (χ4v) is 2.24. The van der Waals surface area contributed by atoms with E-state index in [1.807, 2.05) is 37.4 Å². The van der Waals surface area contributed by atoms with Crippen LogP contribution in [0.25, 0.3) is 10.9 Å². The number of nitrogens with one attached hydrogen (secondary N) is 1. The number of fused-ring (bicyclic) bond motifs is 1. The van der Waals surface area contributed by atoms with E-state index >= 15 is 0 Å². The zero-order valence-electron chi connectivity index (χ0n) is 11.8. The Kier molecular flexibility index (Phi) is 3.64. The van der Waals surface area contributed by atoms with Crippen molar-refractivity contribution in [3.63, 3.8) is 0 Å². The fourth-order valence-electron chi connectivity index (χ4n) is 2.24. The zero-order valence-corrected chi connectivity index (χ0v) is 11.8. The molecule has 2 heterocycles. The molecule has 0 aliphatic heterocycles. The summed E-state index contributed by atoms with van der Waals surface area (Å²) in [7, 11) is 1.82. The molecule has 0 aliphatic rings. The lowest BCUT2D eigenvalue weighted by atomic mass is 10.1. The lowest BCUT2D eigenvalue weighted by Gasteiger charge is -2.17. The van der Waals surface area contributed by atoms with Gasteiger partial charge in [-0.15, -0.1) is 0 Å². The number of rotatable bonds is 4. The number of carbonyl (C=O) groups excluding carboxylic acids is 1. The van der Waals surface area contributed by atoms with Gasteiger partial charge in [-0.25, -0.2) is 0 Å². The van der Waals surface area contributed by atoms with Crippen molar-refractivity contribution in [2.24, 2.45) is 0 Å². The molecule has 0 radical (unpaired) electrons. The van der Waals surface area contributed by atoms with E-state index in [0.29, 0.717) is 12.1 Å². The second-order valence-electron chi connectivity index (χ2n) is 5.00. The van der Waals surface area contributed by atoms with Crippen molar-refractivity contribution >= 4 is 16.8 Å². The van der Waals surface area contributed by atoms with Crippen LogP contribution in [0, 0.1) is 0 Å². The van der Waals surface area contributed by atoms with E-state index in [1.54, 1.807) is 23.5 Å². The Hall–Kier alpha value is -2.69. The van der Waals surface area contributed by atoms with Gasteiger partial charge in [0.1, 0.15) is 0 Å². The van der Waals surface area contributed by atoms with Crippen molar-refractivity contribution in [1.82, 2.24) is 20.1 Å². The first-order valence-electron chi connectivity index (χ1n) is 6.81. The van der Waals surface area contributed by atoms with Gasteiger partial charge >= 0.3 is 0 Å². The molecule has 5 nitrogen and oxygen atoms in total. The molecule has 21 heavy (non-hydrogen) atoms. The van der Waals surface area contributed by atoms with Gasteiger partial charge in [-0.05, 0) is 42.3 Å². The molecule has 3 aromatic rings. The highest BCUT2D eigenvalue weighted by Crippen LogP contribution is 2.14. The number of hydrogen-bond donors (Lipinski definition) is 1. The van der Waals surface area contributed by atoms with Gasteiger partial charge in [0.2, 0.25) is 0 Å². The van der Waals surface area contributed by atoms with Gasteiger partial charge in [0.15, 0.2) is 0 Å². The molecule has 0 saturated heterocycles. The first-order chi connectivity index (χ1) is 10.2. The van der Waals surface area contributed by atoms with Gasteiger partial charge in [-0.1, -0.05) is 0 Å². The van der Waals surface area contributed by atoms with Crippen molar-refractivity contribution in [3.8, 4) is 0 Å². The molecule has 1 aromatic carbocycles. The molecular formula is C16H16N4O. The smallest absolute Gasteiger partial charge is 0.253 e. The third kappa shape index (κ3) is 2.91. The van der Waals surface area contributed by atoms with Gasteiger partial charge in [0.25, 0.3) is 5.91 Å². The highest BCUT2D eigenvalue weighted by atomic mass is 16.2. The number of nitrogens with zero attached hydrogens (tertiary/aromatic N) is 3. The number of pyridine rings is 1. The van der Waals surface area contributed by atoms with E-state index in [4.69, 9.17) is 0 Å². The average molecular weight is 280 g/mol. The lowest BCUT2D eigenvalue weighted by Crippen LogP contribution is -2.28. The Bertz CT molecular complexity index is 751. The van der Waals surface area contributed by atoms with Crippen LogP contribution in [0.3, 0.4) is 0 Å². The minimum absolute atomic E-state index is 0.0205. The monoisotopic (exact) mass is 280 g/mol. The van der Waals surface area contributed by atoms with Crippen LogP contribution in [0.15, 0.2) is 48.9 Å². The number of likely N-dealkylation sites (N-methyl/N-ethyl adjacent to an activating group) is 1. The van der Waals surface area contributed by atoms with Gasteiger partial charge in [-0.2, -0.15) is 5.10 Å². The van der Waals surface area contributed by atoms with Crippen molar-refractivity contribution in [2.75, 3.05) is 13.6 Å². The maximum Gasteiger partial charge on any atom is 0.253 e. The van der Waals surface area contributed by atoms with Gasteiger partial charge in [0, 0.05) is 36.9 Å². The van der Waals surface area contributed by atoms with Crippen LogP contribution in [0.5, 0.6) is 0 Å². The largest absolute Gasteiger partial charge is 0.341 e. The second kappa shape index (κ2) is 5.75. The Morgan fingerprint density at radius 1 is 1.24 bits per heavy atom. The van der Waals surface area contributed by atoms with Crippen molar-refractivity contribution < 1.29 is 4.79 Å². The summed E-state index contributed by atoms with van der Waals surface area (Å²) in [5, 5.41) is 7.80. The normalized spacial score (nSPS) is 10.7. The number of aromatic nitrogens is 3. The van der Waals surface area contributed by atoms with Crippen molar-refractivity contribution in [2.45, 2.75) is 6.42 Å². The Labute approximate surface area is 122 Å². The predicted octanol–water partition coefficient (Wildman–Crippen LogP) is 2.27. The third-order valence-electron chi connectivity index (χ3n) is 3.52. The van der Waals surface area contributed by atoms with E-state index in [9.17, 15) is 4.79 Å². The quantitative estimate of drug-likeness (QED) is 0.797. The fraction of sp³-hybridized carbons (Fsp3) is 0.188. The standard InChI is InChI=1S/C16H16N4O/c1-20(9-6-12-4-7-17-8-5-12)16(21)13-2-3-15-14(10-13)11-18-19-15/h2-5,7-8,10-11H,6,9H2,1H3,(H,18,19). The molecule has 3 rings (SSSR count). The van der Waals surface area contributed by atoms with Crippen molar-refractivity contribution in [3.05, 3.63) is 60.0 Å². The SMILES string of the molecule is CN(CCc1ccncc1)C(=O)c1ccc2[nH]ncc2c1. The summed E-state index contributed by atoms with van der Waals surface area (Å²) in [4.78, 5) is 18.1. The average Bonchev–Trinajstić information content (AvgIpc) is 3.00. The molecular weight excluding hydrogens is 264 g/mol. The first-order valence-corrected chi connectivity index (χ1v) is 6.81. The number of aromatic amines is 1. The Balaban J connectivity index is 1.69. The van der Waals surface area contributed by atoms with Crippen LogP contribution >= 0.6 is 0 Å². The number of H-pyrrole nitrogens is 1. The number of amides is 1. The molecule has 0 fully saturated rings. The van der Waals surface area contributed by atoms with Crippen LogP contribution in [0.1, 0.15) is 15.9 Å². The Morgan fingerprint density at radius 3 is 2.86 bits per heavy atom. The molecule has 106 valence electrons. The molecule has 0 aliphatic carbocycles. The summed E-state index contributed by atoms with van der Waals surface area (Å²) in [5.41, 5.74) is 2.79. The molecule has 0 unspecified atom stereocenters. The summed E-state index contributed by atoms with van der Waals surface area (Å²) in [6.45, 7) is 0.673. The zero-order chi connectivity index (χ0) is 14.7. The predicted molar refractivity (Wildman–Crippen MR) is 81.0 cm³/mol. The van der Waals surface area contributed by atoms with E-state index in [2.05, 4.69) is 15.2 Å². The molecule has 0 saturated carbocycles. The minimum Gasteiger partial charge on any atom is -0.341 e. The van der Waals surface area contributed by atoms with Crippen molar-refractivity contribution in [1.29, 1.82) is 0 Å². The van der Waals surface area contributed by atoms with Gasteiger partial charge < -0.3 is 4.90 Å². The Morgan fingerprint density at radius 2 is 2.05 bits per heavy atom. The highest BCUT2D eigenvalue weighted by Gasteiger charge is 2.12. The van der Waals surface area contributed by atoms with Crippen LogP contribution < -0.4 is 0 Å². The van der Waals surface area contributed by atoms with E-state index in [1.165, 1.54) is 5.56 Å². The maximum atomic E-state index is 12.4. The van der Waals surface area contributed by atoms with Gasteiger partial charge in [0.05, 0.1) is 11.7 Å². The minimum atomic E-state index is 0.0205. The van der Waals surface area contributed by atoms with Crippen LogP contribution in [0.2, 0.25) is 0 Å². The summed E-state index contributed by atoms with van der Waals surface area (Å²) in [6.07, 6.45) is 6.08. The number of hydrogen-bond acceptors (Lipinski definition) is 3. The molecule has 2 aromatic heterocycles. The third-order valence-corrected chi connectivity index (χ3v) is 3.52. The van der Waals surface area contributed by atoms with E-state index in [0.717, 1.165) is 17.3 Å². The lowest BCUT2D eigenvalue weighted by molar-refractivity contribution is 0.0797. The van der Waals surface area contributed by atoms with Crippen LogP contribution in [-0.2, 0) is 6.42 Å². The second-order valence-corrected chi connectivity index (χ2v) is 5.00.